The van der Waals surface area contributed by atoms with E-state index in [1.54, 1.807) is 14.2 Å². The quantitative estimate of drug-likeness (QED) is 0.376. The molecule has 0 N–H and O–H groups in total. The molecule has 102 valence electrons. The van der Waals surface area contributed by atoms with Crippen molar-refractivity contribution in [2.45, 2.75) is 64.3 Å². The van der Waals surface area contributed by atoms with Crippen LogP contribution < -0.4 is 0 Å². The van der Waals surface area contributed by atoms with E-state index in [2.05, 4.69) is 13.5 Å². The summed E-state index contributed by atoms with van der Waals surface area (Å²) in [5.74, 6) is 0. The van der Waals surface area contributed by atoms with Gasteiger partial charge in [0.25, 0.3) is 0 Å². The lowest BCUT2D eigenvalue weighted by Crippen LogP contribution is -2.37. The average molecular weight is 258 g/mol. The van der Waals surface area contributed by atoms with Gasteiger partial charge in [0.1, 0.15) is 0 Å². The minimum atomic E-state index is -2.03. The van der Waals surface area contributed by atoms with Crippen LogP contribution in [0.5, 0.6) is 0 Å². The zero-order chi connectivity index (χ0) is 13.0. The van der Waals surface area contributed by atoms with E-state index in [0.717, 1.165) is 6.04 Å². The summed E-state index contributed by atoms with van der Waals surface area (Å²) in [6.07, 6.45) is 10.7. The molecular weight excluding hydrogens is 228 g/mol. The Morgan fingerprint density at radius 1 is 0.882 bits per heavy atom. The predicted molar refractivity (Wildman–Crippen MR) is 77.4 cm³/mol. The molecule has 0 rings (SSSR count). The third-order valence-corrected chi connectivity index (χ3v) is 6.44. The second-order valence-electron chi connectivity index (χ2n) is 4.65. The van der Waals surface area contributed by atoms with Gasteiger partial charge in [-0.3, -0.25) is 0 Å². The number of rotatable bonds is 12. The molecule has 2 nitrogen and oxygen atoms in total. The molecule has 0 bridgehead atoms. The van der Waals surface area contributed by atoms with E-state index in [0.29, 0.717) is 0 Å². The third-order valence-electron chi connectivity index (χ3n) is 3.38. The molecule has 0 aliphatic rings. The van der Waals surface area contributed by atoms with Crippen LogP contribution in [0, 0.1) is 0 Å². The molecule has 0 saturated heterocycles. The molecule has 0 aromatic carbocycles. The van der Waals surface area contributed by atoms with Gasteiger partial charge in [-0.1, -0.05) is 58.3 Å². The molecule has 0 amide bonds. The summed E-state index contributed by atoms with van der Waals surface area (Å²) < 4.78 is 11.0. The summed E-state index contributed by atoms with van der Waals surface area (Å²) in [5, 5.41) is 0. The summed E-state index contributed by atoms with van der Waals surface area (Å²) in [6, 6.07) is 1.04. The van der Waals surface area contributed by atoms with Gasteiger partial charge in [0, 0.05) is 14.2 Å². The van der Waals surface area contributed by atoms with Crippen molar-refractivity contribution < 1.29 is 8.85 Å². The van der Waals surface area contributed by atoms with E-state index in [9.17, 15) is 0 Å². The van der Waals surface area contributed by atoms with Crippen LogP contribution in [0.4, 0.5) is 0 Å². The monoisotopic (exact) mass is 258 g/mol. The molecular formula is C14H30O2Si. The van der Waals surface area contributed by atoms with E-state index in [4.69, 9.17) is 8.85 Å². The maximum atomic E-state index is 5.49. The predicted octanol–water partition coefficient (Wildman–Crippen LogP) is 4.59. The maximum Gasteiger partial charge on any atom is 0.363 e. The second-order valence-corrected chi connectivity index (χ2v) is 8.00. The van der Waals surface area contributed by atoms with Gasteiger partial charge in [0.05, 0.1) is 0 Å². The molecule has 0 atom stereocenters. The van der Waals surface area contributed by atoms with Crippen molar-refractivity contribution in [2.75, 3.05) is 14.2 Å². The fourth-order valence-corrected chi connectivity index (χ4v) is 3.92. The van der Waals surface area contributed by atoms with Crippen LogP contribution in [0.3, 0.4) is 0 Å². The normalized spacial score (nSPS) is 11.7. The summed E-state index contributed by atoms with van der Waals surface area (Å²) in [7, 11) is 1.44. The highest BCUT2D eigenvalue weighted by Gasteiger charge is 2.30. The molecule has 17 heavy (non-hydrogen) atoms. The summed E-state index contributed by atoms with van der Waals surface area (Å²) in [6.45, 7) is 6.09. The molecule has 0 saturated carbocycles. The average Bonchev–Trinajstić information content (AvgIpc) is 2.38. The molecule has 0 aliphatic heterocycles. The third kappa shape index (κ3) is 7.74. The lowest BCUT2D eigenvalue weighted by atomic mass is 10.1. The molecule has 0 unspecified atom stereocenters. The van der Waals surface area contributed by atoms with Gasteiger partial charge in [-0.2, -0.15) is 0 Å². The summed E-state index contributed by atoms with van der Waals surface area (Å²) in [5.41, 5.74) is 1.90. The summed E-state index contributed by atoms with van der Waals surface area (Å²) in [4.78, 5) is 0. The number of hydrogen-bond acceptors (Lipinski definition) is 2. The lowest BCUT2D eigenvalue weighted by Gasteiger charge is -2.23. The Morgan fingerprint density at radius 2 is 1.35 bits per heavy atom. The number of hydrogen-bond donors (Lipinski definition) is 0. The fourth-order valence-electron chi connectivity index (χ4n) is 2.06. The van der Waals surface area contributed by atoms with Gasteiger partial charge in [0.2, 0.25) is 0 Å². The molecule has 0 spiro atoms. The Bertz CT molecular complexity index is 179. The van der Waals surface area contributed by atoms with E-state index in [-0.39, 0.29) is 0 Å². The van der Waals surface area contributed by atoms with Crippen molar-refractivity contribution >= 4 is 8.56 Å². The zero-order valence-corrected chi connectivity index (χ0v) is 13.0. The van der Waals surface area contributed by atoms with Gasteiger partial charge in [0.15, 0.2) is 0 Å². The van der Waals surface area contributed by atoms with Crippen molar-refractivity contribution in [3.63, 3.8) is 0 Å². The van der Waals surface area contributed by atoms with Crippen molar-refractivity contribution in [3.05, 3.63) is 12.3 Å². The summed E-state index contributed by atoms with van der Waals surface area (Å²) >= 11 is 0. The van der Waals surface area contributed by atoms with Crippen LogP contribution in [0.2, 0.25) is 6.04 Å². The highest BCUT2D eigenvalue weighted by Crippen LogP contribution is 2.18. The first-order valence-electron chi connectivity index (χ1n) is 6.98. The molecule has 0 heterocycles. The number of unbranched alkanes of at least 4 members (excludes halogenated alkanes) is 7. The van der Waals surface area contributed by atoms with Crippen LogP contribution >= 0.6 is 0 Å². The van der Waals surface area contributed by atoms with Crippen LogP contribution in [0.1, 0.15) is 58.3 Å². The standard InChI is InChI=1S/C14H30O2Si/c1-5-7-8-9-10-11-12-13-14-17(6-2,15-3)16-4/h6H,2,5,7-14H2,1,3-4H3. The first-order valence-corrected chi connectivity index (χ1v) is 9.08. The van der Waals surface area contributed by atoms with E-state index in [1.165, 1.54) is 51.4 Å². The molecule has 0 fully saturated rings. The highest BCUT2D eigenvalue weighted by atomic mass is 28.4. The largest absolute Gasteiger partial charge is 0.395 e. The zero-order valence-electron chi connectivity index (χ0n) is 12.0. The first kappa shape index (κ1) is 16.9. The van der Waals surface area contributed by atoms with Crippen molar-refractivity contribution in [1.29, 1.82) is 0 Å². The van der Waals surface area contributed by atoms with Gasteiger partial charge in [-0.25, -0.2) is 0 Å². The lowest BCUT2D eigenvalue weighted by molar-refractivity contribution is 0.254. The highest BCUT2D eigenvalue weighted by molar-refractivity contribution is 6.72. The van der Waals surface area contributed by atoms with E-state index < -0.39 is 8.56 Å². The van der Waals surface area contributed by atoms with Crippen LogP contribution in [-0.2, 0) is 8.85 Å². The first-order chi connectivity index (χ1) is 8.24. The Balaban J connectivity index is 3.46. The molecule has 0 aromatic heterocycles. The van der Waals surface area contributed by atoms with Gasteiger partial charge >= 0.3 is 8.56 Å². The van der Waals surface area contributed by atoms with Crippen LogP contribution in [0.15, 0.2) is 12.3 Å². The van der Waals surface area contributed by atoms with Crippen LogP contribution in [-0.4, -0.2) is 22.8 Å². The molecule has 3 heteroatoms. The van der Waals surface area contributed by atoms with E-state index in [1.807, 2.05) is 5.70 Å². The molecule has 0 radical (unpaired) electrons. The Morgan fingerprint density at radius 3 is 1.76 bits per heavy atom. The Hall–Kier alpha value is -0.123. The van der Waals surface area contributed by atoms with Crippen molar-refractivity contribution in [1.82, 2.24) is 0 Å². The second kappa shape index (κ2) is 11.0. The molecule has 0 aliphatic carbocycles. The van der Waals surface area contributed by atoms with Crippen molar-refractivity contribution in [3.8, 4) is 0 Å². The van der Waals surface area contributed by atoms with Gasteiger partial charge in [-0.15, -0.1) is 6.58 Å². The van der Waals surface area contributed by atoms with E-state index >= 15 is 0 Å². The minimum absolute atomic E-state index is 1.04. The SMILES string of the molecule is C=C[Si](CCCCCCCCCC)(OC)OC. The molecule has 0 aromatic rings. The fraction of sp³-hybridized carbons (Fsp3) is 0.857. The van der Waals surface area contributed by atoms with Gasteiger partial charge in [-0.05, 0) is 11.7 Å². The Kier molecular flexibility index (Phi) is 10.9. The van der Waals surface area contributed by atoms with Crippen LogP contribution in [0.25, 0.3) is 0 Å². The topological polar surface area (TPSA) is 18.5 Å². The maximum absolute atomic E-state index is 5.49. The smallest absolute Gasteiger partial charge is 0.363 e. The van der Waals surface area contributed by atoms with Gasteiger partial charge < -0.3 is 8.85 Å². The minimum Gasteiger partial charge on any atom is -0.395 e. The van der Waals surface area contributed by atoms with Crippen molar-refractivity contribution in [2.24, 2.45) is 0 Å². The Labute approximate surface area is 109 Å².